The van der Waals surface area contributed by atoms with Crippen molar-refractivity contribution in [1.29, 1.82) is 0 Å². The standard InChI is InChI=1S/C28H23FN2O6S/c1-35-24-12-19-18-4-2-3-5-22(18)37-23(19)13-20(24)30-25(32)14-36-27(34)21-15-38-28(11-10-26(33)31(21)28)16-6-8-17(29)9-7-16/h2-9,12-13,21H,10-11,14-15H2,1H3,(H,30,32)/t21-,28-/m0/s1. The minimum atomic E-state index is -0.839. The van der Waals surface area contributed by atoms with E-state index in [0.29, 0.717) is 34.8 Å². The lowest BCUT2D eigenvalue weighted by Crippen LogP contribution is -2.47. The number of thioether (sulfide) groups is 1. The fourth-order valence-corrected chi connectivity index (χ4v) is 6.90. The molecule has 2 saturated heterocycles. The number of anilines is 1. The lowest BCUT2D eigenvalue weighted by Gasteiger charge is -2.33. The maximum atomic E-state index is 13.5. The van der Waals surface area contributed by atoms with Crippen LogP contribution in [0.1, 0.15) is 18.4 Å². The lowest BCUT2D eigenvalue weighted by molar-refractivity contribution is -0.155. The predicted octanol–water partition coefficient (Wildman–Crippen LogP) is 4.81. The second-order valence-electron chi connectivity index (χ2n) is 9.18. The van der Waals surface area contributed by atoms with Gasteiger partial charge in [0.15, 0.2) is 6.61 Å². The number of hydrogen-bond donors (Lipinski definition) is 1. The monoisotopic (exact) mass is 534 g/mol. The molecule has 1 aromatic heterocycles. The molecule has 194 valence electrons. The second kappa shape index (κ2) is 9.36. The van der Waals surface area contributed by atoms with Gasteiger partial charge in [-0.25, -0.2) is 9.18 Å². The Morgan fingerprint density at radius 1 is 1.13 bits per heavy atom. The van der Waals surface area contributed by atoms with E-state index in [0.717, 1.165) is 16.3 Å². The van der Waals surface area contributed by atoms with Crippen molar-refractivity contribution in [3.63, 3.8) is 0 Å². The number of benzene rings is 3. The van der Waals surface area contributed by atoms with Gasteiger partial charge in [0, 0.05) is 29.0 Å². The van der Waals surface area contributed by atoms with Crippen molar-refractivity contribution < 1.29 is 32.7 Å². The number of furan rings is 1. The molecule has 8 nitrogen and oxygen atoms in total. The molecule has 10 heteroatoms. The number of nitrogens with zero attached hydrogens (tertiary/aromatic N) is 1. The zero-order chi connectivity index (χ0) is 26.4. The summed E-state index contributed by atoms with van der Waals surface area (Å²) in [5.41, 5.74) is 2.42. The van der Waals surface area contributed by atoms with E-state index in [-0.39, 0.29) is 18.1 Å². The number of halogens is 1. The Hall–Kier alpha value is -4.05. The third kappa shape index (κ3) is 3.96. The van der Waals surface area contributed by atoms with E-state index in [4.69, 9.17) is 13.9 Å². The van der Waals surface area contributed by atoms with Crippen molar-refractivity contribution in [2.75, 3.05) is 24.8 Å². The van der Waals surface area contributed by atoms with E-state index < -0.39 is 29.4 Å². The Labute approximate surface area is 221 Å². The third-order valence-corrected chi connectivity index (χ3v) is 8.61. The molecule has 2 atom stereocenters. The van der Waals surface area contributed by atoms with Crippen LogP contribution < -0.4 is 10.1 Å². The molecule has 0 aliphatic carbocycles. The molecule has 0 saturated carbocycles. The number of carbonyl (C=O) groups is 3. The highest BCUT2D eigenvalue weighted by atomic mass is 32.2. The van der Waals surface area contributed by atoms with Crippen LogP contribution >= 0.6 is 11.8 Å². The average molecular weight is 535 g/mol. The van der Waals surface area contributed by atoms with Crippen LogP contribution in [0.25, 0.3) is 21.9 Å². The van der Waals surface area contributed by atoms with Gasteiger partial charge in [0.05, 0.1) is 12.8 Å². The Morgan fingerprint density at radius 3 is 2.71 bits per heavy atom. The number of nitrogens with one attached hydrogen (secondary N) is 1. The minimum Gasteiger partial charge on any atom is -0.495 e. The molecule has 0 bridgehead atoms. The van der Waals surface area contributed by atoms with E-state index in [1.54, 1.807) is 24.3 Å². The molecule has 3 heterocycles. The summed E-state index contributed by atoms with van der Waals surface area (Å²) in [5, 5.41) is 4.49. The molecular weight excluding hydrogens is 511 g/mol. The first-order valence-corrected chi connectivity index (χ1v) is 13.1. The van der Waals surface area contributed by atoms with Gasteiger partial charge in [0.1, 0.15) is 33.6 Å². The molecule has 6 rings (SSSR count). The van der Waals surface area contributed by atoms with Crippen LogP contribution in [-0.4, -0.2) is 48.2 Å². The summed E-state index contributed by atoms with van der Waals surface area (Å²) in [6.07, 6.45) is 0.787. The highest BCUT2D eigenvalue weighted by Crippen LogP contribution is 2.54. The number of esters is 1. The first kappa shape index (κ1) is 24.3. The molecule has 2 aliphatic heterocycles. The van der Waals surface area contributed by atoms with Crippen molar-refractivity contribution in [1.82, 2.24) is 4.90 Å². The number of amides is 2. The van der Waals surface area contributed by atoms with Crippen LogP contribution in [-0.2, 0) is 24.0 Å². The highest BCUT2D eigenvalue weighted by Gasteiger charge is 2.57. The molecule has 3 aromatic carbocycles. The molecule has 0 spiro atoms. The summed E-state index contributed by atoms with van der Waals surface area (Å²) < 4.78 is 30.2. The lowest BCUT2D eigenvalue weighted by atomic mass is 10.0. The molecule has 0 radical (unpaired) electrons. The van der Waals surface area contributed by atoms with Gasteiger partial charge in [-0.05, 0) is 36.2 Å². The maximum absolute atomic E-state index is 13.5. The van der Waals surface area contributed by atoms with Crippen molar-refractivity contribution in [2.24, 2.45) is 0 Å². The Morgan fingerprint density at radius 2 is 1.92 bits per heavy atom. The second-order valence-corrected chi connectivity index (χ2v) is 10.5. The molecule has 4 aromatic rings. The summed E-state index contributed by atoms with van der Waals surface area (Å²) in [6, 6.07) is 16.2. The number of rotatable bonds is 6. The van der Waals surface area contributed by atoms with Crippen LogP contribution in [0.5, 0.6) is 5.75 Å². The summed E-state index contributed by atoms with van der Waals surface area (Å²) in [7, 11) is 1.50. The van der Waals surface area contributed by atoms with Gasteiger partial charge in [-0.1, -0.05) is 30.3 Å². The Kier molecular flexibility index (Phi) is 5.98. The number of ether oxygens (including phenoxy) is 2. The Bertz CT molecular complexity index is 1590. The van der Waals surface area contributed by atoms with Crippen molar-refractivity contribution in [2.45, 2.75) is 23.8 Å². The van der Waals surface area contributed by atoms with Crippen molar-refractivity contribution >= 4 is 57.2 Å². The molecule has 1 N–H and O–H groups in total. The normalized spacial score (nSPS) is 20.6. The molecular formula is C28H23FN2O6S. The van der Waals surface area contributed by atoms with Gasteiger partial charge >= 0.3 is 5.97 Å². The minimum absolute atomic E-state index is 0.172. The van der Waals surface area contributed by atoms with Crippen LogP contribution in [0.4, 0.5) is 10.1 Å². The molecule has 0 unspecified atom stereocenters. The number of para-hydroxylation sites is 1. The van der Waals surface area contributed by atoms with Crippen molar-refractivity contribution in [3.8, 4) is 5.75 Å². The van der Waals surface area contributed by atoms with Crippen LogP contribution in [0.15, 0.2) is 65.1 Å². The summed E-state index contributed by atoms with van der Waals surface area (Å²) in [6.45, 7) is -0.535. The van der Waals surface area contributed by atoms with Gasteiger partial charge < -0.3 is 24.1 Å². The van der Waals surface area contributed by atoms with E-state index in [9.17, 15) is 18.8 Å². The zero-order valence-electron chi connectivity index (χ0n) is 20.4. The smallest absolute Gasteiger partial charge is 0.330 e. The van der Waals surface area contributed by atoms with Gasteiger partial charge in [-0.2, -0.15) is 0 Å². The largest absolute Gasteiger partial charge is 0.495 e. The number of fused-ring (bicyclic) bond motifs is 4. The molecule has 2 fully saturated rings. The number of hydrogen-bond acceptors (Lipinski definition) is 7. The first-order chi connectivity index (χ1) is 18.4. The topological polar surface area (TPSA) is 98.1 Å². The first-order valence-electron chi connectivity index (χ1n) is 12.1. The summed E-state index contributed by atoms with van der Waals surface area (Å²) in [4.78, 5) is 39.3. The quantitative estimate of drug-likeness (QED) is 0.355. The summed E-state index contributed by atoms with van der Waals surface area (Å²) in [5.74, 6) is -1.01. The third-order valence-electron chi connectivity index (χ3n) is 7.01. The van der Waals surface area contributed by atoms with E-state index >= 15 is 0 Å². The number of methoxy groups -OCH3 is 1. The van der Waals surface area contributed by atoms with Gasteiger partial charge in [-0.15, -0.1) is 11.8 Å². The zero-order valence-corrected chi connectivity index (χ0v) is 21.2. The van der Waals surface area contributed by atoms with Crippen LogP contribution in [0, 0.1) is 5.82 Å². The fraction of sp³-hybridized carbons (Fsp3) is 0.250. The van der Waals surface area contributed by atoms with Gasteiger partial charge in [0.2, 0.25) is 5.91 Å². The SMILES string of the molecule is COc1cc2c(cc1NC(=O)COC(=O)[C@@H]1CS[C@]3(c4ccc(F)cc4)CCC(=O)N13)oc1ccccc12. The average Bonchev–Trinajstić information content (AvgIpc) is 3.59. The van der Waals surface area contributed by atoms with Gasteiger partial charge in [-0.3, -0.25) is 9.59 Å². The highest BCUT2D eigenvalue weighted by molar-refractivity contribution is 8.00. The van der Waals surface area contributed by atoms with Crippen LogP contribution in [0.2, 0.25) is 0 Å². The van der Waals surface area contributed by atoms with E-state index in [1.807, 2.05) is 24.3 Å². The maximum Gasteiger partial charge on any atom is 0.330 e. The van der Waals surface area contributed by atoms with Crippen molar-refractivity contribution in [3.05, 3.63) is 72.0 Å². The number of carbonyl (C=O) groups excluding carboxylic acids is 3. The molecule has 2 aliphatic rings. The van der Waals surface area contributed by atoms with Gasteiger partial charge in [0.25, 0.3) is 5.91 Å². The fourth-order valence-electron chi connectivity index (χ4n) is 5.27. The Balaban J connectivity index is 1.16. The predicted molar refractivity (Wildman–Crippen MR) is 140 cm³/mol. The molecule has 38 heavy (non-hydrogen) atoms. The van der Waals surface area contributed by atoms with E-state index in [2.05, 4.69) is 5.32 Å². The van der Waals surface area contributed by atoms with Crippen LogP contribution in [0.3, 0.4) is 0 Å². The molecule has 2 amide bonds. The summed E-state index contributed by atoms with van der Waals surface area (Å²) >= 11 is 1.46. The van der Waals surface area contributed by atoms with E-state index in [1.165, 1.54) is 35.9 Å².